The third kappa shape index (κ3) is 3.56. The second-order valence-electron chi connectivity index (χ2n) is 3.18. The molecule has 1 amide bonds. The molecule has 0 aromatic heterocycles. The van der Waals surface area contributed by atoms with Gasteiger partial charge in [0.2, 0.25) is 5.91 Å². The topological polar surface area (TPSA) is 83.5 Å². The molecule has 0 spiro atoms. The van der Waals surface area contributed by atoms with E-state index in [0.717, 1.165) is 6.20 Å². The van der Waals surface area contributed by atoms with Crippen LogP contribution in [0, 0.1) is 0 Å². The van der Waals surface area contributed by atoms with E-state index in [0.29, 0.717) is 0 Å². The van der Waals surface area contributed by atoms with Gasteiger partial charge in [0.25, 0.3) is 10.1 Å². The van der Waals surface area contributed by atoms with Crippen molar-refractivity contribution in [2.75, 3.05) is 0 Å². The first kappa shape index (κ1) is 12.1. The maximum absolute atomic E-state index is 10.9. The van der Waals surface area contributed by atoms with Crippen LogP contribution >= 0.6 is 0 Å². The first-order valence-corrected chi connectivity index (χ1v) is 5.02. The number of rotatable bonds is 4. The normalized spacial score (nSPS) is 12.2. The lowest BCUT2D eigenvalue weighted by Gasteiger charge is -2.19. The van der Waals surface area contributed by atoms with Gasteiger partial charge in [0.15, 0.2) is 0 Å². The minimum Gasteiger partial charge on any atom is -0.333 e. The minimum absolute atomic E-state index is 0.308. The van der Waals surface area contributed by atoms with E-state index in [2.05, 4.69) is 11.9 Å². The zero-order valence-electron chi connectivity index (χ0n) is 7.57. The van der Waals surface area contributed by atoms with Gasteiger partial charge >= 0.3 is 0 Å². The Labute approximate surface area is 77.6 Å². The lowest BCUT2D eigenvalue weighted by molar-refractivity contribution is -0.120. The van der Waals surface area contributed by atoms with Crippen molar-refractivity contribution in [3.05, 3.63) is 12.8 Å². The summed E-state index contributed by atoms with van der Waals surface area (Å²) in [6, 6.07) is 0. The summed E-state index contributed by atoms with van der Waals surface area (Å²) in [6.07, 6.45) is 0.847. The quantitative estimate of drug-likeness (QED) is 0.649. The molecule has 0 radical (unpaired) electrons. The van der Waals surface area contributed by atoms with E-state index in [1.807, 2.05) is 0 Å². The first-order valence-electron chi connectivity index (χ1n) is 3.58. The van der Waals surface area contributed by atoms with Crippen molar-refractivity contribution in [2.24, 2.45) is 0 Å². The molecule has 0 aromatic carbocycles. The smallest absolute Gasteiger partial charge is 0.270 e. The molecule has 2 N–H and O–H groups in total. The standard InChI is InChI=1S/C7H13NO4S/c1-4-8-6(9)5-7(2,3)13(10,11)12/h4H,1,5H2,2-3H3,(H,8,9)(H,10,11,12). The number of carbonyl (C=O) groups is 1. The average Bonchev–Trinajstić information content (AvgIpc) is 1.83. The van der Waals surface area contributed by atoms with Crippen molar-refractivity contribution >= 4 is 16.0 Å². The monoisotopic (exact) mass is 207 g/mol. The number of amides is 1. The highest BCUT2D eigenvalue weighted by molar-refractivity contribution is 7.87. The molecule has 0 saturated heterocycles. The SMILES string of the molecule is C=CNC(=O)CC(C)(C)S(=O)(=O)O. The Morgan fingerprint density at radius 2 is 2.08 bits per heavy atom. The van der Waals surface area contributed by atoms with Crippen LogP contribution in [0.25, 0.3) is 0 Å². The Morgan fingerprint density at radius 1 is 1.62 bits per heavy atom. The molecule has 0 rings (SSSR count). The van der Waals surface area contributed by atoms with Crippen molar-refractivity contribution in [3.63, 3.8) is 0 Å². The molecule has 0 unspecified atom stereocenters. The number of hydrogen-bond acceptors (Lipinski definition) is 3. The van der Waals surface area contributed by atoms with Crippen molar-refractivity contribution in [1.82, 2.24) is 5.32 Å². The van der Waals surface area contributed by atoms with Gasteiger partial charge in [-0.05, 0) is 20.0 Å². The Hall–Kier alpha value is -0.880. The maximum atomic E-state index is 10.9. The average molecular weight is 207 g/mol. The molecule has 6 heteroatoms. The summed E-state index contributed by atoms with van der Waals surface area (Å²) >= 11 is 0. The van der Waals surface area contributed by atoms with Gasteiger partial charge < -0.3 is 5.32 Å². The van der Waals surface area contributed by atoms with Crippen LogP contribution in [0.3, 0.4) is 0 Å². The van der Waals surface area contributed by atoms with Crippen LogP contribution in [-0.4, -0.2) is 23.6 Å². The zero-order valence-corrected chi connectivity index (χ0v) is 8.39. The first-order chi connectivity index (χ1) is 5.70. The second-order valence-corrected chi connectivity index (χ2v) is 5.24. The van der Waals surface area contributed by atoms with Crippen LogP contribution in [0.4, 0.5) is 0 Å². The molecule has 0 bridgehead atoms. The predicted molar refractivity (Wildman–Crippen MR) is 48.6 cm³/mol. The summed E-state index contributed by atoms with van der Waals surface area (Å²) in [7, 11) is -4.21. The minimum atomic E-state index is -4.21. The van der Waals surface area contributed by atoms with Crippen molar-refractivity contribution < 1.29 is 17.8 Å². The highest BCUT2D eigenvalue weighted by atomic mass is 32.2. The molecule has 0 fully saturated rings. The Bertz CT molecular complexity index is 304. The number of carbonyl (C=O) groups excluding carboxylic acids is 1. The van der Waals surface area contributed by atoms with E-state index in [-0.39, 0.29) is 6.42 Å². The Morgan fingerprint density at radius 3 is 2.38 bits per heavy atom. The molecule has 76 valence electrons. The van der Waals surface area contributed by atoms with Crippen molar-refractivity contribution in [2.45, 2.75) is 25.0 Å². The molecule has 0 aliphatic carbocycles. The number of hydrogen-bond donors (Lipinski definition) is 2. The molecule has 0 saturated carbocycles. The fraction of sp³-hybridized carbons (Fsp3) is 0.571. The highest BCUT2D eigenvalue weighted by Gasteiger charge is 2.34. The maximum Gasteiger partial charge on any atom is 0.270 e. The summed E-state index contributed by atoms with van der Waals surface area (Å²) in [6.45, 7) is 5.79. The summed E-state index contributed by atoms with van der Waals surface area (Å²) in [4.78, 5) is 10.9. The van der Waals surface area contributed by atoms with E-state index >= 15 is 0 Å². The van der Waals surface area contributed by atoms with Crippen LogP contribution in [0.1, 0.15) is 20.3 Å². The third-order valence-corrected chi connectivity index (χ3v) is 3.09. The van der Waals surface area contributed by atoms with Gasteiger partial charge in [0, 0.05) is 6.42 Å². The van der Waals surface area contributed by atoms with E-state index in [1.54, 1.807) is 0 Å². The fourth-order valence-electron chi connectivity index (χ4n) is 0.643. The largest absolute Gasteiger partial charge is 0.333 e. The van der Waals surface area contributed by atoms with E-state index in [4.69, 9.17) is 4.55 Å². The highest BCUT2D eigenvalue weighted by Crippen LogP contribution is 2.18. The molecule has 0 aliphatic heterocycles. The van der Waals surface area contributed by atoms with Gasteiger partial charge in [-0.25, -0.2) is 0 Å². The molecule has 5 nitrogen and oxygen atoms in total. The van der Waals surface area contributed by atoms with Gasteiger partial charge in [0.1, 0.15) is 4.75 Å². The second kappa shape index (κ2) is 3.89. The van der Waals surface area contributed by atoms with Crippen molar-refractivity contribution in [1.29, 1.82) is 0 Å². The predicted octanol–water partition coefficient (Wildman–Crippen LogP) is 0.303. The van der Waals surface area contributed by atoms with Gasteiger partial charge in [0.05, 0.1) is 0 Å². The summed E-state index contributed by atoms with van der Waals surface area (Å²) in [5.41, 5.74) is 0. The molecule has 13 heavy (non-hydrogen) atoms. The molecule has 0 aromatic rings. The van der Waals surface area contributed by atoms with E-state index in [1.165, 1.54) is 13.8 Å². The summed E-state index contributed by atoms with van der Waals surface area (Å²) in [5, 5.41) is 2.22. The van der Waals surface area contributed by atoms with Gasteiger partial charge in [-0.2, -0.15) is 8.42 Å². The van der Waals surface area contributed by atoms with Crippen LogP contribution in [0.5, 0.6) is 0 Å². The van der Waals surface area contributed by atoms with Crippen LogP contribution in [-0.2, 0) is 14.9 Å². The van der Waals surface area contributed by atoms with E-state index in [9.17, 15) is 13.2 Å². The lowest BCUT2D eigenvalue weighted by atomic mass is 10.1. The molecular weight excluding hydrogens is 194 g/mol. The van der Waals surface area contributed by atoms with Gasteiger partial charge in [-0.1, -0.05) is 6.58 Å². The Kier molecular flexibility index (Phi) is 3.62. The molecule has 0 heterocycles. The molecule has 0 aliphatic rings. The summed E-state index contributed by atoms with van der Waals surface area (Å²) in [5.74, 6) is -0.502. The fourth-order valence-corrected chi connectivity index (χ4v) is 0.956. The summed E-state index contributed by atoms with van der Waals surface area (Å²) < 4.78 is 28.7. The third-order valence-electron chi connectivity index (χ3n) is 1.55. The molecule has 0 atom stereocenters. The number of nitrogens with one attached hydrogen (secondary N) is 1. The van der Waals surface area contributed by atoms with Gasteiger partial charge in [-0.3, -0.25) is 9.35 Å². The Balaban J connectivity index is 4.52. The van der Waals surface area contributed by atoms with E-state index < -0.39 is 20.8 Å². The van der Waals surface area contributed by atoms with Crippen molar-refractivity contribution in [3.8, 4) is 0 Å². The molecular formula is C7H13NO4S. The van der Waals surface area contributed by atoms with Crippen LogP contribution in [0.2, 0.25) is 0 Å². The lowest BCUT2D eigenvalue weighted by Crippen LogP contribution is -2.36. The van der Waals surface area contributed by atoms with Gasteiger partial charge in [-0.15, -0.1) is 0 Å². The van der Waals surface area contributed by atoms with Crippen LogP contribution in [0.15, 0.2) is 12.8 Å². The zero-order chi connectivity index (χ0) is 10.7. The van der Waals surface area contributed by atoms with Crippen LogP contribution < -0.4 is 5.32 Å².